The molecule has 2 aliphatic carbocycles. The number of hydrogen-bond donors (Lipinski definition) is 0. The van der Waals surface area contributed by atoms with E-state index in [4.69, 9.17) is 4.42 Å². The number of rotatable bonds is 8. The van der Waals surface area contributed by atoms with Crippen LogP contribution in [0.15, 0.2) is 271 Å². The van der Waals surface area contributed by atoms with E-state index in [2.05, 4.69) is 279 Å². The second-order valence-electron chi connectivity index (χ2n) is 19.3. The Hall–Kier alpha value is -8.98. The van der Waals surface area contributed by atoms with E-state index in [-0.39, 0.29) is 0 Å². The van der Waals surface area contributed by atoms with E-state index in [0.717, 1.165) is 44.6 Å². The summed E-state index contributed by atoms with van der Waals surface area (Å²) in [6.07, 6.45) is 0. The van der Waals surface area contributed by atoms with Crippen LogP contribution in [0.25, 0.3) is 66.4 Å². The minimum atomic E-state index is -0.541. The molecule has 11 aromatic carbocycles. The Morgan fingerprint density at radius 2 is 0.746 bits per heavy atom. The Balaban J connectivity index is 0.957. The Kier molecular flexibility index (Phi) is 9.28. The fourth-order valence-electron chi connectivity index (χ4n) is 12.4. The molecule has 1 aromatic heterocycles. The van der Waals surface area contributed by atoms with Crippen LogP contribution in [0, 0.1) is 0 Å². The van der Waals surface area contributed by atoms with Crippen LogP contribution in [0.3, 0.4) is 0 Å². The van der Waals surface area contributed by atoms with Gasteiger partial charge in [0.1, 0.15) is 11.2 Å². The standard InChI is InChI=1S/C69H47NO/c1-68(61-28-14-11-24-55(61)56-25-12-15-29-62(56)68)64-31-17-27-59-60-44-53(41-43-66(60)71-67(59)64)70(52-38-36-49(37-39-52)48-34-32-47(33-35-48)46-18-5-2-6-19-46)54-40-42-58-57-26-13-16-30-63(57)69(65(58)45-54,50-20-7-3-8-21-50)51-22-9-4-10-23-51/h2-45H,1H3. The van der Waals surface area contributed by atoms with Gasteiger partial charge in [0.15, 0.2) is 0 Å². The maximum absolute atomic E-state index is 7.04. The fraction of sp³-hybridized carbons (Fsp3) is 0.0435. The molecule has 0 bridgehead atoms. The minimum Gasteiger partial charge on any atom is -0.456 e. The molecule has 2 aliphatic rings. The predicted molar refractivity (Wildman–Crippen MR) is 294 cm³/mol. The van der Waals surface area contributed by atoms with Crippen LogP contribution in [0.2, 0.25) is 0 Å². The van der Waals surface area contributed by atoms with Gasteiger partial charge in [-0.15, -0.1) is 0 Å². The number of hydrogen-bond acceptors (Lipinski definition) is 2. The molecule has 0 N–H and O–H groups in total. The van der Waals surface area contributed by atoms with Gasteiger partial charge in [-0.3, -0.25) is 0 Å². The largest absolute Gasteiger partial charge is 0.456 e. The maximum atomic E-state index is 7.04. The van der Waals surface area contributed by atoms with Crippen molar-refractivity contribution in [2.75, 3.05) is 4.90 Å². The number of nitrogens with zero attached hydrogens (tertiary/aromatic N) is 1. The van der Waals surface area contributed by atoms with E-state index < -0.39 is 10.8 Å². The van der Waals surface area contributed by atoms with E-state index in [0.29, 0.717) is 0 Å². The molecule has 0 saturated carbocycles. The lowest BCUT2D eigenvalue weighted by Gasteiger charge is -2.35. The molecule has 0 amide bonds. The zero-order valence-electron chi connectivity index (χ0n) is 39.3. The van der Waals surface area contributed by atoms with Crippen molar-refractivity contribution in [1.82, 2.24) is 0 Å². The highest BCUT2D eigenvalue weighted by atomic mass is 16.3. The van der Waals surface area contributed by atoms with Crippen molar-refractivity contribution in [3.8, 4) is 44.5 Å². The van der Waals surface area contributed by atoms with Gasteiger partial charge >= 0.3 is 0 Å². The smallest absolute Gasteiger partial charge is 0.139 e. The molecule has 0 unspecified atom stereocenters. The van der Waals surface area contributed by atoms with Crippen molar-refractivity contribution < 1.29 is 4.42 Å². The van der Waals surface area contributed by atoms with E-state index in [1.165, 1.54) is 77.9 Å². The first-order chi connectivity index (χ1) is 35.1. The number of benzene rings is 11. The maximum Gasteiger partial charge on any atom is 0.139 e. The first-order valence-corrected chi connectivity index (χ1v) is 24.7. The first kappa shape index (κ1) is 41.0. The van der Waals surface area contributed by atoms with Crippen LogP contribution in [-0.4, -0.2) is 0 Å². The lowest BCUT2D eigenvalue weighted by Crippen LogP contribution is -2.28. The average Bonchev–Trinajstić information content (AvgIpc) is 4.06. The third-order valence-electron chi connectivity index (χ3n) is 15.6. The van der Waals surface area contributed by atoms with E-state index in [9.17, 15) is 0 Å². The van der Waals surface area contributed by atoms with Crippen molar-refractivity contribution in [3.63, 3.8) is 0 Å². The van der Waals surface area contributed by atoms with Crippen molar-refractivity contribution >= 4 is 39.0 Å². The molecule has 0 atom stereocenters. The molecular formula is C69H47NO. The van der Waals surface area contributed by atoms with Crippen molar-refractivity contribution in [2.45, 2.75) is 17.8 Å². The summed E-state index contributed by atoms with van der Waals surface area (Å²) in [5, 5.41) is 2.19. The van der Waals surface area contributed by atoms with Gasteiger partial charge < -0.3 is 9.32 Å². The highest BCUT2D eigenvalue weighted by molar-refractivity contribution is 6.08. The number of furan rings is 1. The molecule has 12 aromatic rings. The molecule has 0 aliphatic heterocycles. The van der Waals surface area contributed by atoms with E-state index in [1.807, 2.05) is 0 Å². The molecule has 0 saturated heterocycles. The monoisotopic (exact) mass is 905 g/mol. The predicted octanol–water partition coefficient (Wildman–Crippen LogP) is 18.1. The molecule has 71 heavy (non-hydrogen) atoms. The van der Waals surface area contributed by atoms with Gasteiger partial charge in [0.2, 0.25) is 0 Å². The van der Waals surface area contributed by atoms with Crippen molar-refractivity contribution in [3.05, 3.63) is 306 Å². The number of fused-ring (bicyclic) bond motifs is 9. The second-order valence-corrected chi connectivity index (χ2v) is 19.3. The van der Waals surface area contributed by atoms with E-state index in [1.54, 1.807) is 0 Å². The van der Waals surface area contributed by atoms with Crippen molar-refractivity contribution in [2.24, 2.45) is 0 Å². The summed E-state index contributed by atoms with van der Waals surface area (Å²) in [6.45, 7) is 2.37. The summed E-state index contributed by atoms with van der Waals surface area (Å²) in [6, 6.07) is 97.9. The van der Waals surface area contributed by atoms with Gasteiger partial charge in [0.25, 0.3) is 0 Å². The Morgan fingerprint density at radius 3 is 1.35 bits per heavy atom. The molecule has 0 radical (unpaired) electrons. The highest BCUT2D eigenvalue weighted by Gasteiger charge is 2.46. The summed E-state index contributed by atoms with van der Waals surface area (Å²) in [5.41, 5.74) is 22.7. The highest BCUT2D eigenvalue weighted by Crippen LogP contribution is 2.58. The third-order valence-corrected chi connectivity index (χ3v) is 15.6. The number of para-hydroxylation sites is 1. The molecular weight excluding hydrogens is 859 g/mol. The van der Waals surface area contributed by atoms with Crippen LogP contribution >= 0.6 is 0 Å². The zero-order valence-corrected chi connectivity index (χ0v) is 39.3. The lowest BCUT2D eigenvalue weighted by atomic mass is 9.67. The normalized spacial score (nSPS) is 13.6. The summed E-state index contributed by atoms with van der Waals surface area (Å²) >= 11 is 0. The lowest BCUT2D eigenvalue weighted by molar-refractivity contribution is 0.638. The van der Waals surface area contributed by atoms with Crippen LogP contribution < -0.4 is 4.90 Å². The quantitative estimate of drug-likeness (QED) is 0.151. The summed E-state index contributed by atoms with van der Waals surface area (Å²) in [5.74, 6) is 0. The SMILES string of the molecule is CC1(c2cccc3c2oc2ccc(N(c4ccc(-c5ccc(-c6ccccc6)cc5)cc4)c4ccc5c(c4)C(c4ccccc4)(c4ccccc4)c4ccccc4-5)cc23)c2ccccc2-c2ccccc21. The number of anilines is 3. The molecule has 0 spiro atoms. The molecule has 0 fully saturated rings. The van der Waals surface area contributed by atoms with Gasteiger partial charge in [0.05, 0.1) is 5.41 Å². The third kappa shape index (κ3) is 6.14. The van der Waals surface area contributed by atoms with Crippen molar-refractivity contribution in [1.29, 1.82) is 0 Å². The van der Waals surface area contributed by atoms with Gasteiger partial charge in [-0.2, -0.15) is 0 Å². The minimum absolute atomic E-state index is 0.398. The van der Waals surface area contributed by atoms with Gasteiger partial charge in [-0.05, 0) is 127 Å². The van der Waals surface area contributed by atoms with Crippen LogP contribution in [0.4, 0.5) is 17.1 Å². The Labute approximate surface area is 414 Å². The molecule has 334 valence electrons. The summed E-state index contributed by atoms with van der Waals surface area (Å²) in [7, 11) is 0. The molecule has 1 heterocycles. The fourth-order valence-corrected chi connectivity index (χ4v) is 12.4. The zero-order chi connectivity index (χ0) is 47.1. The summed E-state index contributed by atoms with van der Waals surface area (Å²) in [4.78, 5) is 2.43. The van der Waals surface area contributed by atoms with E-state index >= 15 is 0 Å². The molecule has 2 nitrogen and oxygen atoms in total. The van der Waals surface area contributed by atoms with Gasteiger partial charge in [-0.25, -0.2) is 0 Å². The second kappa shape index (κ2) is 16.1. The van der Waals surface area contributed by atoms with Crippen LogP contribution in [-0.2, 0) is 10.8 Å². The average molecular weight is 906 g/mol. The van der Waals surface area contributed by atoms with Crippen LogP contribution in [0.5, 0.6) is 0 Å². The van der Waals surface area contributed by atoms with Gasteiger partial charge in [0, 0.05) is 38.8 Å². The molecule has 2 heteroatoms. The van der Waals surface area contributed by atoms with Gasteiger partial charge in [-0.1, -0.05) is 224 Å². The van der Waals surface area contributed by atoms with Crippen LogP contribution in [0.1, 0.15) is 45.9 Å². The summed E-state index contributed by atoms with van der Waals surface area (Å²) < 4.78 is 7.04. The first-order valence-electron chi connectivity index (χ1n) is 24.7. The Bertz CT molecular complexity index is 3900. The molecule has 14 rings (SSSR count). The Morgan fingerprint density at radius 1 is 0.310 bits per heavy atom. The topological polar surface area (TPSA) is 16.4 Å².